The number of nitriles is 1. The number of nitrogens with zero attached hydrogens (tertiary/aromatic N) is 2. The van der Waals surface area contributed by atoms with E-state index in [1.54, 1.807) is 28.6 Å². The van der Waals surface area contributed by atoms with Crippen molar-refractivity contribution >= 4 is 10.0 Å². The SMILES string of the molecule is CC1CCC(CN)CN1S(=O)(=O)Cc1cccc(C#N)c1. The maximum atomic E-state index is 12.6. The van der Waals surface area contributed by atoms with E-state index in [0.717, 1.165) is 12.8 Å². The first kappa shape index (κ1) is 16.0. The van der Waals surface area contributed by atoms with Gasteiger partial charge in [-0.15, -0.1) is 0 Å². The van der Waals surface area contributed by atoms with E-state index in [1.165, 1.54) is 0 Å². The lowest BCUT2D eigenvalue weighted by molar-refractivity contribution is 0.211. The lowest BCUT2D eigenvalue weighted by Gasteiger charge is -2.36. The van der Waals surface area contributed by atoms with Gasteiger partial charge in [0.1, 0.15) is 0 Å². The molecule has 1 aromatic carbocycles. The van der Waals surface area contributed by atoms with Gasteiger partial charge in [-0.3, -0.25) is 0 Å². The van der Waals surface area contributed by atoms with Crippen molar-refractivity contribution in [2.45, 2.75) is 31.6 Å². The first-order valence-corrected chi connectivity index (χ1v) is 8.76. The molecule has 1 aliphatic rings. The zero-order valence-corrected chi connectivity index (χ0v) is 13.0. The van der Waals surface area contributed by atoms with Gasteiger partial charge >= 0.3 is 0 Å². The molecule has 2 unspecified atom stereocenters. The van der Waals surface area contributed by atoms with Crippen molar-refractivity contribution in [1.82, 2.24) is 4.31 Å². The fraction of sp³-hybridized carbons (Fsp3) is 0.533. The van der Waals surface area contributed by atoms with Gasteiger partial charge in [-0.1, -0.05) is 12.1 Å². The van der Waals surface area contributed by atoms with Gasteiger partial charge in [-0.2, -0.15) is 9.57 Å². The van der Waals surface area contributed by atoms with Crippen LogP contribution in [0.2, 0.25) is 0 Å². The molecular formula is C15H21N3O2S. The van der Waals surface area contributed by atoms with Gasteiger partial charge < -0.3 is 5.73 Å². The Bertz CT molecular complexity index is 637. The van der Waals surface area contributed by atoms with E-state index in [2.05, 4.69) is 0 Å². The van der Waals surface area contributed by atoms with Gasteiger partial charge in [-0.25, -0.2) is 8.42 Å². The predicted molar refractivity (Wildman–Crippen MR) is 81.7 cm³/mol. The molecule has 5 nitrogen and oxygen atoms in total. The molecule has 1 fully saturated rings. The third-order valence-corrected chi connectivity index (χ3v) is 5.94. The topological polar surface area (TPSA) is 87.2 Å². The summed E-state index contributed by atoms with van der Waals surface area (Å²) in [5.74, 6) is 0.172. The van der Waals surface area contributed by atoms with Gasteiger partial charge in [0.05, 0.1) is 17.4 Å². The van der Waals surface area contributed by atoms with Gasteiger partial charge in [0.2, 0.25) is 10.0 Å². The Labute approximate surface area is 126 Å². The second kappa shape index (κ2) is 6.56. The van der Waals surface area contributed by atoms with E-state index in [0.29, 0.717) is 24.2 Å². The summed E-state index contributed by atoms with van der Waals surface area (Å²) in [5.41, 5.74) is 6.82. The van der Waals surface area contributed by atoms with Crippen LogP contribution in [0.25, 0.3) is 0 Å². The van der Waals surface area contributed by atoms with Gasteiger partial charge in [0, 0.05) is 12.6 Å². The van der Waals surface area contributed by atoms with Gasteiger partial charge in [0.25, 0.3) is 0 Å². The summed E-state index contributed by atoms with van der Waals surface area (Å²) in [6.07, 6.45) is 1.83. The Morgan fingerprint density at radius 3 is 2.86 bits per heavy atom. The Morgan fingerprint density at radius 1 is 1.43 bits per heavy atom. The van der Waals surface area contributed by atoms with E-state index >= 15 is 0 Å². The minimum atomic E-state index is -3.39. The lowest BCUT2D eigenvalue weighted by atomic mass is 9.96. The fourth-order valence-electron chi connectivity index (χ4n) is 2.75. The van der Waals surface area contributed by atoms with Crippen LogP contribution in [0, 0.1) is 17.2 Å². The second-order valence-electron chi connectivity index (χ2n) is 5.67. The maximum absolute atomic E-state index is 12.6. The quantitative estimate of drug-likeness (QED) is 0.912. The molecule has 1 aromatic rings. The van der Waals surface area contributed by atoms with Crippen molar-refractivity contribution in [3.05, 3.63) is 35.4 Å². The van der Waals surface area contributed by atoms with E-state index in [9.17, 15) is 8.42 Å². The number of sulfonamides is 1. The molecule has 0 radical (unpaired) electrons. The monoisotopic (exact) mass is 307 g/mol. The average Bonchev–Trinajstić information content (AvgIpc) is 2.47. The molecule has 1 saturated heterocycles. The third-order valence-electron chi connectivity index (χ3n) is 4.02. The number of rotatable bonds is 4. The van der Waals surface area contributed by atoms with Crippen molar-refractivity contribution in [1.29, 1.82) is 5.26 Å². The van der Waals surface area contributed by atoms with Gasteiger partial charge in [0.15, 0.2) is 0 Å². The van der Waals surface area contributed by atoms with Crippen molar-refractivity contribution in [3.63, 3.8) is 0 Å². The molecule has 0 bridgehead atoms. The van der Waals surface area contributed by atoms with E-state index < -0.39 is 10.0 Å². The van der Waals surface area contributed by atoms with Crippen LogP contribution in [0.1, 0.15) is 30.9 Å². The van der Waals surface area contributed by atoms with E-state index in [-0.39, 0.29) is 17.7 Å². The summed E-state index contributed by atoms with van der Waals surface area (Å²) in [4.78, 5) is 0. The molecule has 0 aromatic heterocycles. The van der Waals surface area contributed by atoms with E-state index in [1.807, 2.05) is 13.0 Å². The first-order chi connectivity index (χ1) is 9.96. The van der Waals surface area contributed by atoms with Gasteiger partial charge in [-0.05, 0) is 49.9 Å². The minimum Gasteiger partial charge on any atom is -0.330 e. The van der Waals surface area contributed by atoms with Crippen molar-refractivity contribution in [3.8, 4) is 6.07 Å². The highest BCUT2D eigenvalue weighted by molar-refractivity contribution is 7.88. The van der Waals surface area contributed by atoms with Crippen molar-refractivity contribution in [2.24, 2.45) is 11.7 Å². The number of hydrogen-bond donors (Lipinski definition) is 1. The minimum absolute atomic E-state index is 0.0111. The summed E-state index contributed by atoms with van der Waals surface area (Å²) in [6, 6.07) is 8.80. The highest BCUT2D eigenvalue weighted by Crippen LogP contribution is 2.25. The Morgan fingerprint density at radius 2 is 2.19 bits per heavy atom. The van der Waals surface area contributed by atoms with Crippen LogP contribution in [0.3, 0.4) is 0 Å². The average molecular weight is 307 g/mol. The van der Waals surface area contributed by atoms with Crippen molar-refractivity contribution in [2.75, 3.05) is 13.1 Å². The lowest BCUT2D eigenvalue weighted by Crippen LogP contribution is -2.47. The Kier molecular flexibility index (Phi) is 4.99. The molecule has 0 spiro atoms. The second-order valence-corrected chi connectivity index (χ2v) is 7.59. The van der Waals surface area contributed by atoms with Crippen molar-refractivity contribution < 1.29 is 8.42 Å². The molecular weight excluding hydrogens is 286 g/mol. The molecule has 1 aliphatic heterocycles. The zero-order chi connectivity index (χ0) is 15.5. The molecule has 114 valence electrons. The highest BCUT2D eigenvalue weighted by atomic mass is 32.2. The van der Waals surface area contributed by atoms with Crippen LogP contribution in [0.15, 0.2) is 24.3 Å². The molecule has 1 heterocycles. The van der Waals surface area contributed by atoms with Crippen LogP contribution in [-0.2, 0) is 15.8 Å². The Hall–Kier alpha value is -1.42. The fourth-order valence-corrected chi connectivity index (χ4v) is 4.61. The summed E-state index contributed by atoms with van der Waals surface area (Å²) in [5, 5.41) is 8.89. The summed E-state index contributed by atoms with van der Waals surface area (Å²) in [7, 11) is -3.39. The molecule has 21 heavy (non-hydrogen) atoms. The van der Waals surface area contributed by atoms with Crippen LogP contribution in [-0.4, -0.2) is 31.9 Å². The normalized spacial score (nSPS) is 23.7. The Balaban J connectivity index is 2.18. The summed E-state index contributed by atoms with van der Waals surface area (Å²) >= 11 is 0. The molecule has 0 amide bonds. The summed E-state index contributed by atoms with van der Waals surface area (Å²) in [6.45, 7) is 2.95. The number of nitrogens with two attached hydrogens (primary N) is 1. The largest absolute Gasteiger partial charge is 0.330 e. The molecule has 0 saturated carbocycles. The number of benzene rings is 1. The van der Waals surface area contributed by atoms with Crippen LogP contribution in [0.4, 0.5) is 0 Å². The zero-order valence-electron chi connectivity index (χ0n) is 12.2. The van der Waals surface area contributed by atoms with Crippen LogP contribution in [0.5, 0.6) is 0 Å². The van der Waals surface area contributed by atoms with E-state index in [4.69, 9.17) is 11.0 Å². The smallest absolute Gasteiger partial charge is 0.218 e. The molecule has 2 rings (SSSR count). The molecule has 0 aliphatic carbocycles. The summed E-state index contributed by atoms with van der Waals surface area (Å²) < 4.78 is 26.8. The number of piperidine rings is 1. The molecule has 2 atom stereocenters. The van der Waals surface area contributed by atoms with Crippen LogP contribution >= 0.6 is 0 Å². The number of hydrogen-bond acceptors (Lipinski definition) is 4. The highest BCUT2D eigenvalue weighted by Gasteiger charge is 2.33. The standard InChI is InChI=1S/C15H21N3O2S/c1-12-5-6-15(9-17)10-18(12)21(19,20)11-14-4-2-3-13(7-14)8-16/h2-4,7,12,15H,5-6,9-11,17H2,1H3. The maximum Gasteiger partial charge on any atom is 0.218 e. The third kappa shape index (κ3) is 3.82. The predicted octanol–water partition coefficient (Wildman–Crippen LogP) is 1.45. The molecule has 2 N–H and O–H groups in total. The first-order valence-electron chi connectivity index (χ1n) is 7.15. The molecule has 6 heteroatoms. The van der Waals surface area contributed by atoms with Crippen LogP contribution < -0.4 is 5.73 Å².